The van der Waals surface area contributed by atoms with E-state index >= 15 is 0 Å². The van der Waals surface area contributed by atoms with E-state index < -0.39 is 0 Å². The van der Waals surface area contributed by atoms with Gasteiger partial charge in [0.2, 0.25) is 0 Å². The first kappa shape index (κ1) is 33.3. The van der Waals surface area contributed by atoms with Crippen molar-refractivity contribution in [3.8, 4) is 28.7 Å². The Morgan fingerprint density at radius 1 is 0.640 bits per heavy atom. The van der Waals surface area contributed by atoms with Gasteiger partial charge in [0.1, 0.15) is 17.3 Å². The fourth-order valence-electron chi connectivity index (χ4n) is 7.14. The number of benzene rings is 4. The van der Waals surface area contributed by atoms with Gasteiger partial charge in [-0.05, 0) is 127 Å². The van der Waals surface area contributed by atoms with Gasteiger partial charge in [0.05, 0.1) is 28.1 Å². The zero-order chi connectivity index (χ0) is 35.7. The van der Waals surface area contributed by atoms with Crippen LogP contribution in [0.3, 0.4) is 0 Å². The molecule has 0 radical (unpaired) electrons. The first-order chi connectivity index (χ1) is 23.6. The fourth-order valence-corrected chi connectivity index (χ4v) is 7.14. The summed E-state index contributed by atoms with van der Waals surface area (Å²) in [6.07, 6.45) is 7.87. The quantitative estimate of drug-likeness (QED) is 0.136. The zero-order valence-electron chi connectivity index (χ0n) is 31.4. The lowest BCUT2D eigenvalue weighted by atomic mass is 9.88. The number of hydrogen-bond acceptors (Lipinski definition) is 2. The molecular weight excluding hydrogens is 613 g/mol. The second-order valence-corrected chi connectivity index (χ2v) is 15.8. The van der Waals surface area contributed by atoms with Crippen LogP contribution in [0.5, 0.6) is 11.5 Å². The molecule has 254 valence electrons. The van der Waals surface area contributed by atoms with Crippen LogP contribution in [-0.2, 0) is 10.8 Å². The molecule has 0 N–H and O–H groups in total. The van der Waals surface area contributed by atoms with E-state index in [2.05, 4.69) is 175 Å². The normalized spacial score (nSPS) is 12.3. The molecule has 3 aromatic heterocycles. The van der Waals surface area contributed by atoms with Gasteiger partial charge < -0.3 is 4.74 Å². The van der Waals surface area contributed by atoms with E-state index in [-0.39, 0.29) is 10.8 Å². The van der Waals surface area contributed by atoms with Crippen LogP contribution in [0.25, 0.3) is 39.0 Å². The average Bonchev–Trinajstić information content (AvgIpc) is 3.67. The Balaban J connectivity index is 1.31. The Morgan fingerprint density at radius 2 is 1.30 bits per heavy atom. The smallest absolute Gasteiger partial charge is 0.269 e. The van der Waals surface area contributed by atoms with Crippen LogP contribution < -0.4 is 9.30 Å². The third kappa shape index (κ3) is 5.69. The molecule has 0 unspecified atom stereocenters. The molecule has 7 rings (SSSR count). The van der Waals surface area contributed by atoms with Crippen LogP contribution in [0.15, 0.2) is 91.3 Å². The Bertz CT molecular complexity index is 2400. The lowest BCUT2D eigenvalue weighted by molar-refractivity contribution is -0.600. The second-order valence-electron chi connectivity index (χ2n) is 15.8. The van der Waals surface area contributed by atoms with E-state index in [1.807, 2.05) is 12.3 Å². The number of nitrogens with zero attached hydrogens (tertiary/aromatic N) is 4. The Morgan fingerprint density at radius 3 is 2.00 bits per heavy atom. The Labute approximate surface area is 296 Å². The summed E-state index contributed by atoms with van der Waals surface area (Å²) in [7, 11) is 0. The Kier molecular flexibility index (Phi) is 8.01. The highest BCUT2D eigenvalue weighted by molar-refractivity contribution is 6.09. The van der Waals surface area contributed by atoms with E-state index in [1.54, 1.807) is 0 Å². The number of fused-ring (bicyclic) bond motifs is 3. The van der Waals surface area contributed by atoms with Gasteiger partial charge in [-0.25, -0.2) is 4.98 Å². The second kappa shape index (κ2) is 12.0. The van der Waals surface area contributed by atoms with Crippen LogP contribution in [0.2, 0.25) is 0 Å². The van der Waals surface area contributed by atoms with Gasteiger partial charge >= 0.3 is 0 Å². The van der Waals surface area contributed by atoms with Crippen molar-refractivity contribution >= 4 is 21.8 Å². The third-order valence-electron chi connectivity index (χ3n) is 10.5. The lowest BCUT2D eigenvalue weighted by Gasteiger charge is -2.21. The number of rotatable bonds is 5. The maximum Gasteiger partial charge on any atom is 0.269 e. The summed E-state index contributed by atoms with van der Waals surface area (Å²) >= 11 is 0. The molecule has 7 aromatic rings. The van der Waals surface area contributed by atoms with Crippen molar-refractivity contribution < 1.29 is 9.30 Å². The molecule has 3 heterocycles. The minimum Gasteiger partial charge on any atom is -0.458 e. The summed E-state index contributed by atoms with van der Waals surface area (Å²) in [5.41, 5.74) is 13.3. The van der Waals surface area contributed by atoms with E-state index in [1.165, 1.54) is 50.1 Å². The maximum absolute atomic E-state index is 6.65. The monoisotopic (exact) mass is 660 g/mol. The largest absolute Gasteiger partial charge is 0.458 e. The van der Waals surface area contributed by atoms with Crippen molar-refractivity contribution in [1.82, 2.24) is 14.1 Å². The van der Waals surface area contributed by atoms with Gasteiger partial charge in [-0.2, -0.15) is 0 Å². The molecule has 0 fully saturated rings. The summed E-state index contributed by atoms with van der Waals surface area (Å²) < 4.78 is 13.3. The molecular formula is C45H48N4O. The number of para-hydroxylation sites is 1. The molecule has 5 heteroatoms. The first-order valence-corrected chi connectivity index (χ1v) is 17.6. The number of aromatic nitrogens is 4. The van der Waals surface area contributed by atoms with Gasteiger partial charge in [-0.3, -0.25) is 13.7 Å². The predicted molar refractivity (Wildman–Crippen MR) is 206 cm³/mol. The molecule has 0 saturated carbocycles. The molecule has 5 nitrogen and oxygen atoms in total. The number of hydrogen-bond donors (Lipinski definition) is 0. The van der Waals surface area contributed by atoms with Crippen LogP contribution in [-0.4, -0.2) is 14.1 Å². The fraction of sp³-hybridized carbons (Fsp3) is 0.289. The van der Waals surface area contributed by atoms with Gasteiger partial charge in [-0.15, -0.1) is 0 Å². The number of pyridine rings is 1. The molecule has 0 aliphatic carbocycles. The highest BCUT2D eigenvalue weighted by Crippen LogP contribution is 2.36. The summed E-state index contributed by atoms with van der Waals surface area (Å²) in [5.74, 6) is 2.43. The zero-order valence-corrected chi connectivity index (χ0v) is 31.4. The SMILES string of the molecule is Cc1c(C)c(C)c(-[n+]2[c-]n(-c3cccc(Oc4ccc5c6ccccc6n(-c6cc(C(C)(C)C)ccn6)c5c4)c3)c(C(C)(C)C)c2)c(C)c1C. The van der Waals surface area contributed by atoms with Gasteiger partial charge in [0.15, 0.2) is 0 Å². The summed E-state index contributed by atoms with van der Waals surface area (Å²) in [6.45, 7) is 24.6. The maximum atomic E-state index is 6.65. The van der Waals surface area contributed by atoms with Crippen molar-refractivity contribution in [3.63, 3.8) is 0 Å². The van der Waals surface area contributed by atoms with Crippen molar-refractivity contribution in [2.75, 3.05) is 0 Å². The van der Waals surface area contributed by atoms with Crippen molar-refractivity contribution in [2.45, 2.75) is 87.0 Å². The molecule has 50 heavy (non-hydrogen) atoms. The topological polar surface area (TPSA) is 35.9 Å². The summed E-state index contributed by atoms with van der Waals surface area (Å²) in [4.78, 5) is 4.84. The summed E-state index contributed by atoms with van der Waals surface area (Å²) in [6, 6.07) is 27.5. The van der Waals surface area contributed by atoms with E-state index in [0.29, 0.717) is 0 Å². The molecule has 0 amide bonds. The molecule has 0 bridgehead atoms. The van der Waals surface area contributed by atoms with Crippen molar-refractivity contribution in [1.29, 1.82) is 0 Å². The van der Waals surface area contributed by atoms with Crippen LogP contribution in [0, 0.1) is 40.9 Å². The predicted octanol–water partition coefficient (Wildman–Crippen LogP) is 11.0. The highest BCUT2D eigenvalue weighted by atomic mass is 16.5. The van der Waals surface area contributed by atoms with Crippen molar-refractivity contribution in [3.05, 3.63) is 137 Å². The minimum absolute atomic E-state index is 0.00862. The van der Waals surface area contributed by atoms with Crippen molar-refractivity contribution in [2.24, 2.45) is 0 Å². The first-order valence-electron chi connectivity index (χ1n) is 17.6. The van der Waals surface area contributed by atoms with Crippen LogP contribution in [0.1, 0.15) is 80.6 Å². The Hall–Kier alpha value is -5.16. The third-order valence-corrected chi connectivity index (χ3v) is 10.5. The standard InChI is InChI=1S/C45H48N4O/c1-28-29(2)31(4)43(32(5)30(28)3)47-26-41(45(9,10)11)48(27-47)34-15-14-16-35(24-34)50-36-19-20-38-37-17-12-13-18-39(37)49(40(38)25-36)42-23-33(21-22-46-42)44(6,7)8/h12-26H,1-11H3. The van der Waals surface area contributed by atoms with Gasteiger partial charge in [0.25, 0.3) is 6.33 Å². The molecule has 4 aromatic carbocycles. The molecule has 0 aliphatic heterocycles. The van der Waals surface area contributed by atoms with E-state index in [4.69, 9.17) is 9.72 Å². The van der Waals surface area contributed by atoms with Crippen LogP contribution >= 0.6 is 0 Å². The average molecular weight is 661 g/mol. The molecule has 0 atom stereocenters. The molecule has 0 spiro atoms. The molecule has 0 saturated heterocycles. The minimum atomic E-state index is -0.119. The highest BCUT2D eigenvalue weighted by Gasteiger charge is 2.24. The lowest BCUT2D eigenvalue weighted by Crippen LogP contribution is -2.32. The number of ether oxygens (including phenoxy) is 1. The molecule has 0 aliphatic rings. The van der Waals surface area contributed by atoms with E-state index in [0.717, 1.165) is 39.4 Å². The van der Waals surface area contributed by atoms with E-state index in [9.17, 15) is 0 Å². The summed E-state index contributed by atoms with van der Waals surface area (Å²) in [5, 5.41) is 2.35. The van der Waals surface area contributed by atoms with Crippen LogP contribution in [0.4, 0.5) is 0 Å². The van der Waals surface area contributed by atoms with Gasteiger partial charge in [0, 0.05) is 29.2 Å². The number of imidazole rings is 1. The van der Waals surface area contributed by atoms with Gasteiger partial charge in [-0.1, -0.05) is 65.8 Å².